The van der Waals surface area contributed by atoms with Crippen LogP contribution in [0.2, 0.25) is 0 Å². The molecule has 0 spiro atoms. The number of amides is 2. The number of hydrazine groups is 1. The summed E-state index contributed by atoms with van der Waals surface area (Å²) in [5, 5.41) is 4.79. The third-order valence-electron chi connectivity index (χ3n) is 5.52. The number of carbonyl (C=O) groups excluding carboxylic acids is 3. The lowest BCUT2D eigenvalue weighted by Crippen LogP contribution is -2.51. The molecule has 37 heavy (non-hydrogen) atoms. The average molecular weight is 491 g/mol. The molecule has 1 unspecified atom stereocenters. The highest BCUT2D eigenvalue weighted by Crippen LogP contribution is 2.19. The molecule has 0 aliphatic carbocycles. The van der Waals surface area contributed by atoms with Crippen molar-refractivity contribution in [2.75, 3.05) is 14.1 Å². The Balaban J connectivity index is 1.68. The van der Waals surface area contributed by atoms with Crippen LogP contribution in [-0.4, -0.2) is 47.7 Å². The van der Waals surface area contributed by atoms with Gasteiger partial charge < -0.3 is 5.32 Å². The fraction of sp³-hybridized carbons (Fsp3) is 0.133. The number of rotatable bonds is 7. The molecule has 7 nitrogen and oxygen atoms in total. The second-order valence-corrected chi connectivity index (χ2v) is 8.60. The van der Waals surface area contributed by atoms with Crippen LogP contribution in [-0.2, 0) is 16.0 Å². The Labute approximate surface area is 215 Å². The molecule has 0 radical (unpaired) electrons. The summed E-state index contributed by atoms with van der Waals surface area (Å²) in [5.41, 5.74) is 5.44. The van der Waals surface area contributed by atoms with Crippen LogP contribution in [0.4, 0.5) is 0 Å². The van der Waals surface area contributed by atoms with E-state index in [1.165, 1.54) is 5.01 Å². The van der Waals surface area contributed by atoms with Gasteiger partial charge in [-0.15, -0.1) is 0 Å². The van der Waals surface area contributed by atoms with E-state index >= 15 is 0 Å². The number of ketones is 1. The quantitative estimate of drug-likeness (QED) is 0.236. The van der Waals surface area contributed by atoms with Gasteiger partial charge >= 0.3 is 5.91 Å². The molecule has 4 rings (SSSR count). The van der Waals surface area contributed by atoms with Crippen LogP contribution in [0, 0.1) is 11.8 Å². The number of fused-ring (bicyclic) bond motifs is 1. The molecule has 4 aromatic rings. The van der Waals surface area contributed by atoms with Gasteiger partial charge in [0.05, 0.1) is 11.1 Å². The lowest BCUT2D eigenvalue weighted by atomic mass is 10.0. The third-order valence-corrected chi connectivity index (χ3v) is 5.52. The molecule has 7 heteroatoms. The summed E-state index contributed by atoms with van der Waals surface area (Å²) in [6, 6.07) is 26.5. The van der Waals surface area contributed by atoms with Gasteiger partial charge in [-0.3, -0.25) is 19.8 Å². The predicted molar refractivity (Wildman–Crippen MR) is 142 cm³/mol. The molecular weight excluding hydrogens is 464 g/mol. The Morgan fingerprint density at radius 1 is 0.865 bits per heavy atom. The largest absolute Gasteiger partial charge is 0.341 e. The number of hydrogen-bond donors (Lipinski definition) is 2. The first-order valence-electron chi connectivity index (χ1n) is 11.7. The minimum absolute atomic E-state index is 0.163. The van der Waals surface area contributed by atoms with E-state index in [0.717, 1.165) is 11.1 Å². The molecule has 1 atom stereocenters. The zero-order valence-corrected chi connectivity index (χ0v) is 20.6. The van der Waals surface area contributed by atoms with E-state index in [1.54, 1.807) is 32.3 Å². The normalized spacial score (nSPS) is 11.3. The first kappa shape index (κ1) is 25.3. The van der Waals surface area contributed by atoms with Gasteiger partial charge in [-0.05, 0) is 35.7 Å². The van der Waals surface area contributed by atoms with E-state index in [0.29, 0.717) is 22.2 Å². The zero-order chi connectivity index (χ0) is 26.2. The third kappa shape index (κ3) is 6.66. The number of nitrogens with zero attached hydrogens (tertiary/aromatic N) is 2. The van der Waals surface area contributed by atoms with E-state index in [1.807, 2.05) is 72.8 Å². The SMILES string of the molecule is CN(C)NC(=O)C(=O)C(Cc1ccccc1)NC(=O)c1cc(C#Cc2ccccc2)nc2ccccc12. The van der Waals surface area contributed by atoms with Gasteiger partial charge in [-0.1, -0.05) is 72.7 Å². The smallest absolute Gasteiger partial charge is 0.303 e. The van der Waals surface area contributed by atoms with E-state index in [9.17, 15) is 14.4 Å². The Hall–Kier alpha value is -4.80. The molecule has 2 amide bonds. The Morgan fingerprint density at radius 3 is 2.22 bits per heavy atom. The fourth-order valence-corrected chi connectivity index (χ4v) is 3.80. The highest BCUT2D eigenvalue weighted by Gasteiger charge is 2.28. The second-order valence-electron chi connectivity index (χ2n) is 8.60. The maximum atomic E-state index is 13.6. The van der Waals surface area contributed by atoms with Gasteiger partial charge in [-0.2, -0.15) is 0 Å². The van der Waals surface area contributed by atoms with Crippen LogP contribution >= 0.6 is 0 Å². The predicted octanol–water partition coefficient (Wildman–Crippen LogP) is 3.14. The van der Waals surface area contributed by atoms with Crippen molar-refractivity contribution in [1.29, 1.82) is 0 Å². The molecule has 0 bridgehead atoms. The minimum atomic E-state index is -1.07. The first-order valence-corrected chi connectivity index (χ1v) is 11.7. The maximum Gasteiger partial charge on any atom is 0.303 e. The number of nitrogens with one attached hydrogen (secondary N) is 2. The number of aromatic nitrogens is 1. The molecule has 0 saturated heterocycles. The highest BCUT2D eigenvalue weighted by atomic mass is 16.2. The Morgan fingerprint density at radius 2 is 1.51 bits per heavy atom. The molecule has 2 N–H and O–H groups in total. The average Bonchev–Trinajstić information content (AvgIpc) is 2.91. The standard InChI is InChI=1S/C30H26N4O3/c1-34(2)33-30(37)28(35)27(19-22-13-7-4-8-14-22)32-29(36)25-20-23(18-17-21-11-5-3-6-12-21)31-26-16-10-9-15-24(25)26/h3-16,20,27H,19H2,1-2H3,(H,32,36)(H,33,37). The molecule has 0 saturated carbocycles. The van der Waals surface area contributed by atoms with Crippen molar-refractivity contribution in [3.8, 4) is 11.8 Å². The van der Waals surface area contributed by atoms with E-state index in [4.69, 9.17) is 0 Å². The molecule has 0 fully saturated rings. The fourth-order valence-electron chi connectivity index (χ4n) is 3.80. The van der Waals surface area contributed by atoms with Crippen LogP contribution in [0.15, 0.2) is 91.0 Å². The van der Waals surface area contributed by atoms with Crippen LogP contribution in [0.1, 0.15) is 27.2 Å². The second kappa shape index (κ2) is 11.8. The van der Waals surface area contributed by atoms with Crippen LogP contribution in [0.5, 0.6) is 0 Å². The monoisotopic (exact) mass is 490 g/mol. The topological polar surface area (TPSA) is 91.4 Å². The van der Waals surface area contributed by atoms with Crippen molar-refractivity contribution in [2.45, 2.75) is 12.5 Å². The van der Waals surface area contributed by atoms with Gasteiger partial charge in [0.25, 0.3) is 5.91 Å². The molecule has 184 valence electrons. The van der Waals surface area contributed by atoms with Crippen molar-refractivity contribution in [2.24, 2.45) is 0 Å². The van der Waals surface area contributed by atoms with Crippen LogP contribution < -0.4 is 10.7 Å². The lowest BCUT2D eigenvalue weighted by Gasteiger charge is -2.19. The molecule has 0 aliphatic rings. The summed E-state index contributed by atoms with van der Waals surface area (Å²) in [5.74, 6) is 4.05. The summed E-state index contributed by atoms with van der Waals surface area (Å²) in [6.07, 6.45) is 0.163. The maximum absolute atomic E-state index is 13.6. The lowest BCUT2D eigenvalue weighted by molar-refractivity contribution is -0.141. The van der Waals surface area contributed by atoms with Gasteiger partial charge in [0.15, 0.2) is 0 Å². The van der Waals surface area contributed by atoms with Crippen LogP contribution in [0.3, 0.4) is 0 Å². The van der Waals surface area contributed by atoms with Crippen molar-refractivity contribution in [3.63, 3.8) is 0 Å². The van der Waals surface area contributed by atoms with E-state index < -0.39 is 23.6 Å². The van der Waals surface area contributed by atoms with Gasteiger partial charge in [0, 0.05) is 31.5 Å². The number of carbonyl (C=O) groups is 3. The Kier molecular flexibility index (Phi) is 8.04. The summed E-state index contributed by atoms with van der Waals surface area (Å²) in [6.45, 7) is 0. The van der Waals surface area contributed by atoms with Crippen LogP contribution in [0.25, 0.3) is 10.9 Å². The molecule has 0 aliphatic heterocycles. The van der Waals surface area contributed by atoms with E-state index in [2.05, 4.69) is 27.6 Å². The van der Waals surface area contributed by atoms with E-state index in [-0.39, 0.29) is 6.42 Å². The summed E-state index contributed by atoms with van der Waals surface area (Å²) < 4.78 is 0. The number of hydrogen-bond acceptors (Lipinski definition) is 5. The highest BCUT2D eigenvalue weighted by molar-refractivity contribution is 6.38. The van der Waals surface area contributed by atoms with Gasteiger partial charge in [-0.25, -0.2) is 9.99 Å². The number of pyridine rings is 1. The van der Waals surface area contributed by atoms with Gasteiger partial charge in [0.1, 0.15) is 11.7 Å². The molecule has 1 aromatic heterocycles. The zero-order valence-electron chi connectivity index (χ0n) is 20.6. The summed E-state index contributed by atoms with van der Waals surface area (Å²) >= 11 is 0. The molecule has 3 aromatic carbocycles. The van der Waals surface area contributed by atoms with Crippen molar-refractivity contribution in [3.05, 3.63) is 113 Å². The summed E-state index contributed by atoms with van der Waals surface area (Å²) in [7, 11) is 3.22. The number of para-hydroxylation sites is 1. The first-order chi connectivity index (χ1) is 17.9. The van der Waals surface area contributed by atoms with Crippen molar-refractivity contribution in [1.82, 2.24) is 20.7 Å². The van der Waals surface area contributed by atoms with Crippen molar-refractivity contribution < 1.29 is 14.4 Å². The molecule has 1 heterocycles. The van der Waals surface area contributed by atoms with Crippen molar-refractivity contribution >= 4 is 28.5 Å². The number of Topliss-reactive ketones (excluding diaryl/α,β-unsaturated/α-hetero) is 1. The summed E-state index contributed by atoms with van der Waals surface area (Å²) in [4.78, 5) is 43.7. The minimum Gasteiger partial charge on any atom is -0.341 e. The van der Waals surface area contributed by atoms with Gasteiger partial charge in [0.2, 0.25) is 5.78 Å². The Bertz CT molecular complexity index is 1490. The molecular formula is C30H26N4O3. The number of benzene rings is 3.